The number of rotatable bonds is 46. The predicted molar refractivity (Wildman–Crippen MR) is 247 cm³/mol. The van der Waals surface area contributed by atoms with Gasteiger partial charge in [-0.15, -0.1) is 0 Å². The van der Waals surface area contributed by atoms with Gasteiger partial charge in [-0.05, 0) is 25.7 Å². The summed E-state index contributed by atoms with van der Waals surface area (Å²) in [6, 6.07) is 0. The molecule has 0 radical (unpaired) electrons. The van der Waals surface area contributed by atoms with Crippen LogP contribution in [0.25, 0.3) is 0 Å². The molecular weight excluding hydrogens is 653 g/mol. The second-order valence-electron chi connectivity index (χ2n) is 18.2. The van der Waals surface area contributed by atoms with Crippen molar-refractivity contribution in [2.45, 2.75) is 309 Å². The van der Waals surface area contributed by atoms with Gasteiger partial charge in [0.05, 0.1) is 0 Å². The Hall–Kier alpha value is -0.660. The smallest absolute Gasteiger partial charge is 0.101 e. The van der Waals surface area contributed by atoms with Crippen LogP contribution in [0, 0.1) is 0 Å². The monoisotopic (exact) mass is 757 g/mol. The van der Waals surface area contributed by atoms with Crippen molar-refractivity contribution in [3.8, 4) is 0 Å². The van der Waals surface area contributed by atoms with Gasteiger partial charge in [0.25, 0.3) is 0 Å². The molecule has 0 N–H and O–H groups in total. The van der Waals surface area contributed by atoms with Crippen LogP contribution in [0.1, 0.15) is 303 Å². The van der Waals surface area contributed by atoms with E-state index in [2.05, 4.69) is 43.0 Å². The topological polar surface area (TPSA) is 6.48 Å². The van der Waals surface area contributed by atoms with Gasteiger partial charge in [-0.3, -0.25) is 0 Å². The highest BCUT2D eigenvalue weighted by Crippen LogP contribution is 2.24. The Kier molecular flexibility index (Phi) is 41.3. The van der Waals surface area contributed by atoms with Crippen molar-refractivity contribution in [1.29, 1.82) is 0 Å². The fraction of sp³-hybridized carbons (Fsp3) is 0.962. The molecule has 0 amide bonds. The quantitative estimate of drug-likeness (QED) is 0.0571. The molecule has 322 valence electrons. The minimum Gasteiger partial charge on any atom is -0.356 e. The third-order valence-corrected chi connectivity index (χ3v) is 12.8. The molecule has 0 spiro atoms. The van der Waals surface area contributed by atoms with Crippen molar-refractivity contribution in [3.05, 3.63) is 12.4 Å². The molecule has 0 bridgehead atoms. The highest BCUT2D eigenvalue weighted by atomic mass is 15.4. The summed E-state index contributed by atoms with van der Waals surface area (Å²) in [6.45, 7) is 9.50. The van der Waals surface area contributed by atoms with Crippen LogP contribution in [0.3, 0.4) is 0 Å². The Morgan fingerprint density at radius 1 is 0.241 bits per heavy atom. The van der Waals surface area contributed by atoms with Crippen LogP contribution in [-0.4, -0.2) is 29.1 Å². The Morgan fingerprint density at radius 3 is 0.648 bits per heavy atom. The molecule has 0 saturated heterocycles. The Balaban J connectivity index is 2.18. The molecule has 0 aromatic carbocycles. The molecule has 1 heterocycles. The summed E-state index contributed by atoms with van der Waals surface area (Å²) in [5.41, 5.74) is 0. The van der Waals surface area contributed by atoms with E-state index in [9.17, 15) is 0 Å². The Bertz CT molecular complexity index is 717. The first kappa shape index (κ1) is 51.4. The van der Waals surface area contributed by atoms with E-state index in [0.717, 1.165) is 0 Å². The van der Waals surface area contributed by atoms with Crippen LogP contribution in [0.2, 0.25) is 0 Å². The predicted octanol–water partition coefficient (Wildman–Crippen LogP) is 18.6. The van der Waals surface area contributed by atoms with E-state index in [0.29, 0.717) is 6.17 Å². The van der Waals surface area contributed by atoms with Crippen molar-refractivity contribution in [1.82, 2.24) is 9.80 Å². The number of unbranched alkanes of at least 4 members (excludes halogenated alkanes) is 40. The van der Waals surface area contributed by atoms with Gasteiger partial charge in [0.15, 0.2) is 0 Å². The number of hydrogen-bond acceptors (Lipinski definition) is 2. The second kappa shape index (κ2) is 43.5. The molecule has 0 saturated carbocycles. The SMILES string of the molecule is CCCCCCCCCCCCCCCCCCCN1C=CN(CCCCCCCCCCCCC)C1CCCCCCCCCCCCCCCCC. The van der Waals surface area contributed by atoms with Crippen LogP contribution in [0.5, 0.6) is 0 Å². The lowest BCUT2D eigenvalue weighted by atomic mass is 10.0. The van der Waals surface area contributed by atoms with E-state index in [4.69, 9.17) is 0 Å². The van der Waals surface area contributed by atoms with Crippen molar-refractivity contribution >= 4 is 0 Å². The fourth-order valence-electron chi connectivity index (χ4n) is 9.02. The third kappa shape index (κ3) is 34.6. The Morgan fingerprint density at radius 2 is 0.426 bits per heavy atom. The highest BCUT2D eigenvalue weighted by Gasteiger charge is 2.25. The van der Waals surface area contributed by atoms with Gasteiger partial charge in [-0.25, -0.2) is 0 Å². The van der Waals surface area contributed by atoms with Crippen LogP contribution in [0.15, 0.2) is 12.4 Å². The third-order valence-electron chi connectivity index (χ3n) is 12.8. The van der Waals surface area contributed by atoms with E-state index in [-0.39, 0.29) is 0 Å². The van der Waals surface area contributed by atoms with Gasteiger partial charge >= 0.3 is 0 Å². The van der Waals surface area contributed by atoms with E-state index < -0.39 is 0 Å². The standard InChI is InChI=1S/C52H104N2/c1-4-7-10-13-16-19-22-24-26-27-29-31-34-37-40-43-46-49-54-51-50-53(48-45-42-39-36-33-21-18-15-12-9-6-3)52(54)47-44-41-38-35-32-30-28-25-23-20-17-14-11-8-5-2/h50-52H,4-49H2,1-3H3. The molecule has 0 fully saturated rings. The number of hydrogen-bond donors (Lipinski definition) is 0. The summed E-state index contributed by atoms with van der Waals surface area (Å²) in [5.74, 6) is 0. The zero-order valence-corrected chi connectivity index (χ0v) is 38.2. The first-order chi connectivity index (χ1) is 26.8. The van der Waals surface area contributed by atoms with Crippen LogP contribution in [0.4, 0.5) is 0 Å². The normalized spacial score (nSPS) is 14.3. The van der Waals surface area contributed by atoms with Crippen molar-refractivity contribution in [2.75, 3.05) is 13.1 Å². The van der Waals surface area contributed by atoms with Gasteiger partial charge in [-0.2, -0.15) is 0 Å². The maximum atomic E-state index is 2.74. The molecule has 1 aliphatic rings. The molecule has 2 heteroatoms. The molecule has 54 heavy (non-hydrogen) atoms. The first-order valence-electron chi connectivity index (χ1n) is 26.0. The van der Waals surface area contributed by atoms with E-state index >= 15 is 0 Å². The van der Waals surface area contributed by atoms with Gasteiger partial charge in [0.1, 0.15) is 6.17 Å². The zero-order valence-electron chi connectivity index (χ0n) is 38.2. The summed E-state index contributed by atoms with van der Waals surface area (Å²) in [4.78, 5) is 5.48. The molecule has 2 nitrogen and oxygen atoms in total. The first-order valence-corrected chi connectivity index (χ1v) is 26.0. The second-order valence-corrected chi connectivity index (χ2v) is 18.2. The van der Waals surface area contributed by atoms with Crippen LogP contribution in [-0.2, 0) is 0 Å². The molecule has 1 aliphatic heterocycles. The van der Waals surface area contributed by atoms with Crippen molar-refractivity contribution in [3.63, 3.8) is 0 Å². The lowest BCUT2D eigenvalue weighted by molar-refractivity contribution is 0.135. The van der Waals surface area contributed by atoms with E-state index in [1.54, 1.807) is 0 Å². The van der Waals surface area contributed by atoms with E-state index in [1.807, 2.05) is 0 Å². The molecule has 1 rings (SSSR count). The van der Waals surface area contributed by atoms with Gasteiger partial charge in [0.2, 0.25) is 0 Å². The lowest BCUT2D eigenvalue weighted by Gasteiger charge is -2.33. The minimum atomic E-state index is 0.635. The lowest BCUT2D eigenvalue weighted by Crippen LogP contribution is -2.39. The maximum absolute atomic E-state index is 2.74. The molecule has 1 unspecified atom stereocenters. The molecular formula is C52H104N2. The van der Waals surface area contributed by atoms with Gasteiger partial charge < -0.3 is 9.80 Å². The maximum Gasteiger partial charge on any atom is 0.101 e. The Labute approximate surface area is 343 Å². The summed E-state index contributed by atoms with van der Waals surface area (Å²) in [7, 11) is 0. The molecule has 0 aromatic rings. The van der Waals surface area contributed by atoms with Gasteiger partial charge in [0, 0.05) is 25.5 Å². The van der Waals surface area contributed by atoms with E-state index in [1.165, 1.54) is 296 Å². The molecule has 0 aliphatic carbocycles. The summed E-state index contributed by atoms with van der Waals surface area (Å²) < 4.78 is 0. The van der Waals surface area contributed by atoms with Crippen molar-refractivity contribution < 1.29 is 0 Å². The zero-order chi connectivity index (χ0) is 38.7. The highest BCUT2D eigenvalue weighted by molar-refractivity contribution is 4.97. The fourth-order valence-corrected chi connectivity index (χ4v) is 9.02. The number of nitrogens with zero attached hydrogens (tertiary/aromatic N) is 2. The average Bonchev–Trinajstić information content (AvgIpc) is 3.57. The molecule has 1 atom stereocenters. The minimum absolute atomic E-state index is 0.635. The van der Waals surface area contributed by atoms with Crippen molar-refractivity contribution in [2.24, 2.45) is 0 Å². The molecule has 0 aromatic heterocycles. The average molecular weight is 757 g/mol. The van der Waals surface area contributed by atoms with Gasteiger partial charge in [-0.1, -0.05) is 278 Å². The largest absolute Gasteiger partial charge is 0.356 e. The van der Waals surface area contributed by atoms with Crippen LogP contribution < -0.4 is 0 Å². The summed E-state index contributed by atoms with van der Waals surface area (Å²) in [5, 5.41) is 0. The summed E-state index contributed by atoms with van der Waals surface area (Å²) in [6.07, 6.45) is 69.4. The summed E-state index contributed by atoms with van der Waals surface area (Å²) >= 11 is 0. The van der Waals surface area contributed by atoms with Crippen LogP contribution >= 0.6 is 0 Å².